The number of nitrogens with zero attached hydrogens (tertiary/aromatic N) is 2. The molecule has 0 saturated carbocycles. The van der Waals surface area contributed by atoms with Gasteiger partial charge in [-0.1, -0.05) is 0 Å². The number of hydrogen-bond acceptors (Lipinski definition) is 5. The highest BCUT2D eigenvalue weighted by atomic mass is 32.2. The Bertz CT molecular complexity index is 455. The van der Waals surface area contributed by atoms with Gasteiger partial charge < -0.3 is 5.73 Å². The first-order chi connectivity index (χ1) is 7.54. The lowest BCUT2D eigenvalue weighted by Crippen LogP contribution is -2.51. The second kappa shape index (κ2) is 5.94. The van der Waals surface area contributed by atoms with E-state index in [9.17, 15) is 8.42 Å². The smallest absolute Gasteiger partial charge is 0.238 e. The Morgan fingerprint density at radius 1 is 1.31 bits per heavy atom. The Morgan fingerprint density at radius 3 is 2.44 bits per heavy atom. The third kappa shape index (κ3) is 4.27. The maximum Gasteiger partial charge on any atom is 0.238 e. The van der Waals surface area contributed by atoms with Gasteiger partial charge in [0.15, 0.2) is 0 Å². The van der Waals surface area contributed by atoms with E-state index in [-0.39, 0.29) is 4.90 Å². The number of sulfonamides is 1. The molecular weight excluding hydrogens is 248 g/mol. The fraction of sp³-hybridized carbons (Fsp3) is 0.250. The van der Waals surface area contributed by atoms with Crippen LogP contribution >= 0.6 is 11.9 Å². The molecule has 0 fully saturated rings. The Morgan fingerprint density at radius 2 is 1.94 bits per heavy atom. The van der Waals surface area contributed by atoms with E-state index in [1.165, 1.54) is 24.1 Å². The molecular formula is C8H13N4O2S2+. The van der Waals surface area contributed by atoms with Gasteiger partial charge in [-0.3, -0.25) is 0 Å². The van der Waals surface area contributed by atoms with Crippen LogP contribution in [0.4, 0.5) is 5.69 Å². The molecule has 1 aromatic rings. The molecule has 0 atom stereocenters. The van der Waals surface area contributed by atoms with Gasteiger partial charge in [-0.15, -0.1) is 9.63 Å². The fourth-order valence-electron chi connectivity index (χ4n) is 0.884. The molecule has 1 aromatic carbocycles. The molecule has 6 nitrogen and oxygen atoms in total. The minimum absolute atomic E-state index is 0.0665. The maximum atomic E-state index is 11.0. The van der Waals surface area contributed by atoms with Crippen LogP contribution in [0.5, 0.6) is 0 Å². The summed E-state index contributed by atoms with van der Waals surface area (Å²) in [5, 5.41) is 8.85. The standard InChI is InChI=1S/C8H12N4O2S2/c9-5-6-15-12-11-7-1-3-8(4-2-7)16(10,13)14/h1-4H,5-6,9H2,(H2,10,13,14)/p+1. The summed E-state index contributed by atoms with van der Waals surface area (Å²) in [5.74, 6) is 0.804. The first-order valence-electron chi connectivity index (χ1n) is 4.49. The highest BCUT2D eigenvalue weighted by Crippen LogP contribution is 2.17. The average Bonchev–Trinajstić information content (AvgIpc) is 2.24. The second-order valence-corrected chi connectivity index (χ2v) is 5.30. The molecule has 0 unspecified atom stereocenters. The van der Waals surface area contributed by atoms with Crippen molar-refractivity contribution in [2.75, 3.05) is 12.3 Å². The zero-order valence-corrected chi connectivity index (χ0v) is 10.2. The third-order valence-corrected chi connectivity index (χ3v) is 3.21. The summed E-state index contributed by atoms with van der Waals surface area (Å²) in [7, 11) is -3.63. The van der Waals surface area contributed by atoms with Gasteiger partial charge >= 0.3 is 0 Å². The van der Waals surface area contributed by atoms with Crippen molar-refractivity contribution in [1.29, 1.82) is 0 Å². The molecule has 0 heterocycles. The van der Waals surface area contributed by atoms with Crippen LogP contribution < -0.4 is 10.9 Å². The maximum absolute atomic E-state index is 11.0. The minimum atomic E-state index is -3.63. The predicted molar refractivity (Wildman–Crippen MR) is 62.5 cm³/mol. The average molecular weight is 261 g/mol. The van der Waals surface area contributed by atoms with E-state index in [0.29, 0.717) is 5.69 Å². The van der Waals surface area contributed by atoms with Gasteiger partial charge in [0, 0.05) is 11.9 Å². The molecule has 88 valence electrons. The van der Waals surface area contributed by atoms with E-state index in [1.807, 2.05) is 0 Å². The van der Waals surface area contributed by atoms with Crippen molar-refractivity contribution in [3.63, 3.8) is 0 Å². The number of hydrogen-bond donors (Lipinski definition) is 2. The summed E-state index contributed by atoms with van der Waals surface area (Å²) in [5.41, 5.74) is 4.25. The monoisotopic (exact) mass is 261 g/mol. The van der Waals surface area contributed by atoms with E-state index >= 15 is 0 Å². The molecule has 0 aliphatic heterocycles. The van der Waals surface area contributed by atoms with Gasteiger partial charge in [-0.25, -0.2) is 13.6 Å². The van der Waals surface area contributed by atoms with Crippen LogP contribution in [0.15, 0.2) is 38.8 Å². The van der Waals surface area contributed by atoms with Gasteiger partial charge in [-0.05, 0) is 24.3 Å². The van der Waals surface area contributed by atoms with E-state index in [2.05, 4.69) is 15.4 Å². The fourth-order valence-corrected chi connectivity index (χ4v) is 1.76. The molecule has 5 N–H and O–H groups in total. The highest BCUT2D eigenvalue weighted by molar-refractivity contribution is 7.97. The third-order valence-electron chi connectivity index (χ3n) is 1.61. The van der Waals surface area contributed by atoms with E-state index in [0.717, 1.165) is 12.3 Å². The number of primary sulfonamides is 1. The topological polar surface area (TPSA) is 113 Å². The normalized spacial score (nSPS) is 12.1. The highest BCUT2D eigenvalue weighted by Gasteiger charge is 2.05. The van der Waals surface area contributed by atoms with Gasteiger partial charge in [-0.2, -0.15) is 0 Å². The molecule has 8 heteroatoms. The molecule has 16 heavy (non-hydrogen) atoms. The van der Waals surface area contributed by atoms with Crippen LogP contribution in [0.3, 0.4) is 0 Å². The Labute approximate surface area is 98.3 Å². The number of nitrogens with two attached hydrogens (primary N) is 1. The van der Waals surface area contributed by atoms with Crippen LogP contribution in [0.1, 0.15) is 0 Å². The zero-order chi connectivity index (χ0) is 12.0. The Kier molecular flexibility index (Phi) is 4.87. The van der Waals surface area contributed by atoms with Crippen molar-refractivity contribution < 1.29 is 14.2 Å². The molecule has 0 spiro atoms. The number of benzene rings is 1. The summed E-state index contributed by atoms with van der Waals surface area (Å²) in [6.07, 6.45) is 0. The first kappa shape index (κ1) is 13.1. The number of rotatable bonds is 5. The van der Waals surface area contributed by atoms with Crippen LogP contribution in [0.2, 0.25) is 0 Å². The molecule has 0 aliphatic carbocycles. The summed E-state index contributed by atoms with van der Waals surface area (Å²) in [6, 6.07) is 5.90. The SMILES string of the molecule is NS(=O)(=O)c1ccc(N=NSCC[NH3+])cc1. The van der Waals surface area contributed by atoms with Crippen molar-refractivity contribution in [3.05, 3.63) is 24.3 Å². The van der Waals surface area contributed by atoms with Crippen LogP contribution in [0.25, 0.3) is 0 Å². The molecule has 0 amide bonds. The van der Waals surface area contributed by atoms with E-state index < -0.39 is 10.0 Å². The summed E-state index contributed by atoms with van der Waals surface area (Å²) in [4.78, 5) is 0.0665. The van der Waals surface area contributed by atoms with Gasteiger partial charge in [0.2, 0.25) is 10.0 Å². The quantitative estimate of drug-likeness (QED) is 0.451. The summed E-state index contributed by atoms with van der Waals surface area (Å²) < 4.78 is 25.8. The second-order valence-electron chi connectivity index (χ2n) is 2.91. The van der Waals surface area contributed by atoms with Crippen LogP contribution in [-0.4, -0.2) is 20.7 Å². The lowest BCUT2D eigenvalue weighted by Gasteiger charge is -1.97. The lowest BCUT2D eigenvalue weighted by atomic mass is 10.3. The van der Waals surface area contributed by atoms with Crippen molar-refractivity contribution in [2.45, 2.75) is 4.90 Å². The first-order valence-corrected chi connectivity index (χ1v) is 6.98. The predicted octanol–water partition coefficient (Wildman–Crippen LogP) is 0.308. The van der Waals surface area contributed by atoms with Crippen molar-refractivity contribution in [2.24, 2.45) is 14.8 Å². The zero-order valence-electron chi connectivity index (χ0n) is 8.54. The Hall–Kier alpha value is -0.960. The van der Waals surface area contributed by atoms with Gasteiger partial charge in [0.05, 0.1) is 22.9 Å². The molecule has 0 aliphatic rings. The van der Waals surface area contributed by atoms with Gasteiger partial charge in [0.1, 0.15) is 0 Å². The van der Waals surface area contributed by atoms with E-state index in [1.54, 1.807) is 12.1 Å². The van der Waals surface area contributed by atoms with Crippen molar-refractivity contribution in [1.82, 2.24) is 0 Å². The van der Waals surface area contributed by atoms with Crippen LogP contribution in [0, 0.1) is 0 Å². The Balaban J connectivity index is 2.69. The molecule has 1 rings (SSSR count). The van der Waals surface area contributed by atoms with E-state index in [4.69, 9.17) is 5.14 Å². The minimum Gasteiger partial charge on any atom is -0.357 e. The van der Waals surface area contributed by atoms with Gasteiger partial charge in [0.25, 0.3) is 0 Å². The van der Waals surface area contributed by atoms with Crippen molar-refractivity contribution >= 4 is 27.7 Å². The van der Waals surface area contributed by atoms with Crippen molar-refractivity contribution in [3.8, 4) is 0 Å². The molecule has 0 saturated heterocycles. The van der Waals surface area contributed by atoms with Crippen LogP contribution in [-0.2, 0) is 10.0 Å². The largest absolute Gasteiger partial charge is 0.357 e. The lowest BCUT2D eigenvalue weighted by molar-refractivity contribution is -0.360. The molecule has 0 bridgehead atoms. The molecule has 0 aromatic heterocycles. The number of quaternary nitrogens is 1. The summed E-state index contributed by atoms with van der Waals surface area (Å²) in [6.45, 7) is 0.786. The summed E-state index contributed by atoms with van der Waals surface area (Å²) >= 11 is 1.31. The molecule has 0 radical (unpaired) electrons.